The molecule has 1 amide bonds. The van der Waals surface area contributed by atoms with Crippen LogP contribution >= 0.6 is 11.8 Å². The molecule has 38 heavy (non-hydrogen) atoms. The molecule has 1 aliphatic rings. The first-order chi connectivity index (χ1) is 17.8. The summed E-state index contributed by atoms with van der Waals surface area (Å²) in [5.41, 5.74) is 0.357. The van der Waals surface area contributed by atoms with Crippen molar-refractivity contribution in [2.45, 2.75) is 52.4 Å². The van der Waals surface area contributed by atoms with Gasteiger partial charge in [0.05, 0.1) is 12.1 Å². The van der Waals surface area contributed by atoms with E-state index in [9.17, 15) is 14.9 Å². The second kappa shape index (κ2) is 12.8. The Morgan fingerprint density at radius 3 is 2.21 bits per heavy atom. The van der Waals surface area contributed by atoms with Crippen LogP contribution in [0, 0.1) is 28.1 Å². The maximum atomic E-state index is 12.6. The molecule has 3 rings (SSSR count). The number of amides is 1. The third-order valence-corrected chi connectivity index (χ3v) is 8.13. The van der Waals surface area contributed by atoms with Crippen molar-refractivity contribution in [3.05, 3.63) is 60.2 Å². The molecule has 0 saturated heterocycles. The van der Waals surface area contributed by atoms with Crippen LogP contribution in [0.3, 0.4) is 0 Å². The number of oxime groups is 1. The lowest BCUT2D eigenvalue weighted by Crippen LogP contribution is -2.19. The average Bonchev–Trinajstić information content (AvgIpc) is 3.31. The fraction of sp³-hybridized carbons (Fsp3) is 0.448. The molecule has 1 saturated carbocycles. The van der Waals surface area contributed by atoms with Crippen LogP contribution in [-0.2, 0) is 14.4 Å². The molecule has 2 aromatic rings. The Balaban J connectivity index is 0.000000358. The van der Waals surface area contributed by atoms with E-state index >= 15 is 0 Å². The zero-order valence-corrected chi connectivity index (χ0v) is 24.1. The molecule has 0 aliphatic heterocycles. The third kappa shape index (κ3) is 7.99. The molecule has 1 aliphatic carbocycles. The summed E-state index contributed by atoms with van der Waals surface area (Å²) in [6.07, 6.45) is 2.05. The number of hydrogen-bond donors (Lipinski definition) is 1. The van der Waals surface area contributed by atoms with Crippen molar-refractivity contribution >= 4 is 30.0 Å². The van der Waals surface area contributed by atoms with Crippen molar-refractivity contribution in [1.82, 2.24) is 5.32 Å². The number of nitrogens with one attached hydrogen (secondary N) is 1. The van der Waals surface area contributed by atoms with Crippen molar-refractivity contribution in [2.75, 3.05) is 13.3 Å². The lowest BCUT2D eigenvalue weighted by molar-refractivity contribution is -0.150. The number of nitrogens with zero attached hydrogens (tertiary/aromatic N) is 2. The van der Waals surface area contributed by atoms with Gasteiger partial charge in [-0.3, -0.25) is 9.63 Å². The van der Waals surface area contributed by atoms with Crippen molar-refractivity contribution in [3.63, 3.8) is 0 Å². The normalized spacial score (nSPS) is 16.3. The topological polar surface area (TPSA) is 110 Å². The molecule has 2 aromatic carbocycles. The number of nitriles is 1. The van der Waals surface area contributed by atoms with Crippen LogP contribution in [0.1, 0.15) is 53.2 Å². The van der Waals surface area contributed by atoms with E-state index < -0.39 is 12.2 Å². The van der Waals surface area contributed by atoms with Gasteiger partial charge in [0.15, 0.2) is 0 Å². The molecule has 0 spiro atoms. The minimum atomic E-state index is -0.950. The molecule has 0 aromatic heterocycles. The summed E-state index contributed by atoms with van der Waals surface area (Å²) in [5, 5.41) is 15.3. The zero-order chi connectivity index (χ0) is 28.6. The first kappa shape index (κ1) is 30.7. The fourth-order valence-corrected chi connectivity index (χ4v) is 3.95. The van der Waals surface area contributed by atoms with Crippen molar-refractivity contribution < 1.29 is 23.9 Å². The van der Waals surface area contributed by atoms with Gasteiger partial charge in [0.25, 0.3) is 0 Å². The third-order valence-electron chi connectivity index (χ3n) is 6.98. The number of carbonyl (C=O) groups is 2. The smallest absolute Gasteiger partial charge is 0.433 e. The van der Waals surface area contributed by atoms with Gasteiger partial charge in [-0.1, -0.05) is 63.2 Å². The summed E-state index contributed by atoms with van der Waals surface area (Å²) in [4.78, 5) is 27.5. The Bertz CT molecular complexity index is 1160. The summed E-state index contributed by atoms with van der Waals surface area (Å²) in [6, 6.07) is 18.6. The average molecular weight is 540 g/mol. The number of hydrogen-bond acceptors (Lipinski definition) is 8. The van der Waals surface area contributed by atoms with Crippen LogP contribution in [0.15, 0.2) is 59.8 Å². The quantitative estimate of drug-likeness (QED) is 0.171. The molecule has 0 heterocycles. The Kier molecular flexibility index (Phi) is 10.4. The number of benzene rings is 2. The van der Waals surface area contributed by atoms with E-state index in [1.807, 2.05) is 50.4 Å². The highest BCUT2D eigenvalue weighted by Crippen LogP contribution is 2.68. The monoisotopic (exact) mass is 539 g/mol. The predicted molar refractivity (Wildman–Crippen MR) is 150 cm³/mol. The van der Waals surface area contributed by atoms with Gasteiger partial charge in [0.1, 0.15) is 17.6 Å². The summed E-state index contributed by atoms with van der Waals surface area (Å²) >= 11 is 1.63. The molecule has 0 radical (unpaired) electrons. The Labute approximate surface area is 229 Å². The van der Waals surface area contributed by atoms with Gasteiger partial charge in [0, 0.05) is 17.4 Å². The first-order valence-corrected chi connectivity index (χ1v) is 13.4. The molecular formula is C29H37N3O5S. The molecule has 204 valence electrons. The second-order valence-corrected chi connectivity index (χ2v) is 11.9. The lowest BCUT2D eigenvalue weighted by atomic mass is 10.0. The SMILES string of the molecule is CC1(C)C(C(=O)OC(C#N)c2cccc(Oc3ccccc3)c2)C1(C)C.CNC(=O)O/N=C/C(C)(C)SC. The number of rotatable bonds is 8. The predicted octanol–water partition coefficient (Wildman–Crippen LogP) is 6.74. The maximum Gasteiger partial charge on any atom is 0.433 e. The molecular weight excluding hydrogens is 502 g/mol. The van der Waals surface area contributed by atoms with Crippen LogP contribution in [0.2, 0.25) is 0 Å². The van der Waals surface area contributed by atoms with E-state index in [1.54, 1.807) is 42.2 Å². The van der Waals surface area contributed by atoms with Crippen molar-refractivity contribution in [1.29, 1.82) is 5.26 Å². The summed E-state index contributed by atoms with van der Waals surface area (Å²) < 4.78 is 11.2. The van der Waals surface area contributed by atoms with Crippen LogP contribution in [-0.4, -0.2) is 36.3 Å². The molecule has 1 N–H and O–H groups in total. The lowest BCUT2D eigenvalue weighted by Gasteiger charge is -2.14. The number of thioether (sulfide) groups is 1. The summed E-state index contributed by atoms with van der Waals surface area (Å²) in [6.45, 7) is 12.2. The van der Waals surface area contributed by atoms with Crippen LogP contribution in [0.25, 0.3) is 0 Å². The molecule has 0 bridgehead atoms. The Morgan fingerprint density at radius 2 is 1.68 bits per heavy atom. The first-order valence-electron chi connectivity index (χ1n) is 12.2. The van der Waals surface area contributed by atoms with Gasteiger partial charge < -0.3 is 14.8 Å². The summed E-state index contributed by atoms with van der Waals surface area (Å²) in [5.74, 6) is 0.782. The molecule has 9 heteroatoms. The van der Waals surface area contributed by atoms with Gasteiger partial charge in [0.2, 0.25) is 6.10 Å². The minimum absolute atomic E-state index is 0.103. The van der Waals surface area contributed by atoms with Gasteiger partial charge in [-0.25, -0.2) is 4.79 Å². The largest absolute Gasteiger partial charge is 0.457 e. The van der Waals surface area contributed by atoms with Gasteiger partial charge in [-0.15, -0.1) is 0 Å². The van der Waals surface area contributed by atoms with E-state index in [1.165, 1.54) is 7.05 Å². The van der Waals surface area contributed by atoms with E-state index in [2.05, 4.69) is 49.1 Å². The van der Waals surface area contributed by atoms with Crippen LogP contribution in [0.4, 0.5) is 4.79 Å². The standard InChI is InChI=1S/C22H23NO3.C7H14N2O2S/c1-21(2)19(22(21,3)4)20(24)26-18(14-23)15-9-8-12-17(13-15)25-16-10-6-5-7-11-16;1-7(2,12-4)5-9-11-6(10)8-3/h5-13,18-19H,1-4H3;5H,1-4H3,(H,8,10)/b;9-5+. The van der Waals surface area contributed by atoms with Gasteiger partial charge >= 0.3 is 12.1 Å². The van der Waals surface area contributed by atoms with Crippen molar-refractivity contribution in [2.24, 2.45) is 21.9 Å². The van der Waals surface area contributed by atoms with Gasteiger partial charge in [-0.05, 0) is 55.2 Å². The van der Waals surface area contributed by atoms with E-state index in [0.717, 1.165) is 0 Å². The zero-order valence-electron chi connectivity index (χ0n) is 23.3. The number of carbonyl (C=O) groups excluding carboxylic acids is 2. The number of ether oxygens (including phenoxy) is 2. The molecule has 8 nitrogen and oxygen atoms in total. The highest BCUT2D eigenvalue weighted by atomic mass is 32.2. The molecule has 1 atom stereocenters. The minimum Gasteiger partial charge on any atom is -0.457 e. The summed E-state index contributed by atoms with van der Waals surface area (Å²) in [7, 11) is 1.48. The second-order valence-electron chi connectivity index (χ2n) is 10.5. The highest BCUT2D eigenvalue weighted by molar-refractivity contribution is 8.00. The highest BCUT2D eigenvalue weighted by Gasteiger charge is 2.69. The van der Waals surface area contributed by atoms with E-state index in [0.29, 0.717) is 17.1 Å². The number of para-hydroxylation sites is 1. The van der Waals surface area contributed by atoms with Gasteiger partial charge in [-0.2, -0.15) is 17.0 Å². The van der Waals surface area contributed by atoms with Crippen LogP contribution < -0.4 is 10.1 Å². The fourth-order valence-electron chi connectivity index (χ4n) is 3.80. The number of esters is 1. The Morgan fingerprint density at radius 1 is 1.08 bits per heavy atom. The van der Waals surface area contributed by atoms with Crippen LogP contribution in [0.5, 0.6) is 11.5 Å². The molecule has 1 fully saturated rings. The van der Waals surface area contributed by atoms with E-state index in [-0.39, 0.29) is 27.5 Å². The maximum absolute atomic E-state index is 12.6. The van der Waals surface area contributed by atoms with E-state index in [4.69, 9.17) is 9.47 Å². The van der Waals surface area contributed by atoms with Crippen molar-refractivity contribution in [3.8, 4) is 17.6 Å². The molecule has 1 unspecified atom stereocenters. The Hall–Kier alpha value is -3.51.